The van der Waals surface area contributed by atoms with Crippen molar-refractivity contribution in [3.8, 4) is 11.4 Å². The van der Waals surface area contributed by atoms with Gasteiger partial charge in [0, 0.05) is 5.39 Å². The third-order valence-electron chi connectivity index (χ3n) is 5.33. The maximum Gasteiger partial charge on any atom is 0.259 e. The van der Waals surface area contributed by atoms with Gasteiger partial charge in [-0.15, -0.1) is 0 Å². The van der Waals surface area contributed by atoms with E-state index < -0.39 is 0 Å². The average Bonchev–Trinajstić information content (AvgIpc) is 3.24. The molecule has 0 aliphatic rings. The predicted molar refractivity (Wildman–Crippen MR) is 124 cm³/mol. The van der Waals surface area contributed by atoms with Crippen LogP contribution in [0.2, 0.25) is 0 Å². The van der Waals surface area contributed by atoms with Gasteiger partial charge >= 0.3 is 0 Å². The van der Waals surface area contributed by atoms with Crippen molar-refractivity contribution in [1.82, 2.24) is 15.5 Å². The Kier molecular flexibility index (Phi) is 5.09. The number of hydrogen-bond donors (Lipinski definition) is 2. The van der Waals surface area contributed by atoms with E-state index in [1.165, 1.54) is 0 Å². The first-order valence-electron chi connectivity index (χ1n) is 10.2. The highest BCUT2D eigenvalue weighted by molar-refractivity contribution is 6.04. The smallest absolute Gasteiger partial charge is 0.259 e. The van der Waals surface area contributed by atoms with Gasteiger partial charge in [0.1, 0.15) is 11.3 Å². The molecule has 2 aromatic heterocycles. The zero-order valence-electron chi connectivity index (χ0n) is 17.1. The van der Waals surface area contributed by atoms with Gasteiger partial charge in [0.25, 0.3) is 5.91 Å². The molecule has 3 aromatic carbocycles. The van der Waals surface area contributed by atoms with Gasteiger partial charge in [0.15, 0.2) is 0 Å². The number of aromatic nitrogens is 2. The normalized spacial score (nSPS) is 11.0. The van der Waals surface area contributed by atoms with Gasteiger partial charge in [-0.1, -0.05) is 90.1 Å². The molecule has 6 nitrogen and oxygen atoms in total. The summed E-state index contributed by atoms with van der Waals surface area (Å²) in [5.41, 5.74) is 9.73. The molecule has 6 heteroatoms. The molecule has 0 spiro atoms. The van der Waals surface area contributed by atoms with Gasteiger partial charge < -0.3 is 15.6 Å². The summed E-state index contributed by atoms with van der Waals surface area (Å²) in [6.07, 6.45) is 0. The van der Waals surface area contributed by atoms with E-state index in [-0.39, 0.29) is 23.4 Å². The van der Waals surface area contributed by atoms with Crippen molar-refractivity contribution >= 4 is 22.7 Å². The lowest BCUT2D eigenvalue weighted by Gasteiger charge is -2.20. The minimum Gasteiger partial charge on any atom is -0.367 e. The summed E-state index contributed by atoms with van der Waals surface area (Å²) in [5, 5.41) is 8.13. The van der Waals surface area contributed by atoms with Crippen LogP contribution in [0.15, 0.2) is 102 Å². The highest BCUT2D eigenvalue weighted by atomic mass is 16.5. The number of fused-ring (bicyclic) bond motifs is 1. The van der Waals surface area contributed by atoms with Crippen molar-refractivity contribution in [3.63, 3.8) is 0 Å². The van der Waals surface area contributed by atoms with Crippen LogP contribution in [0.5, 0.6) is 0 Å². The third-order valence-corrected chi connectivity index (χ3v) is 5.33. The number of amides is 1. The largest absolute Gasteiger partial charge is 0.367 e. The first-order chi connectivity index (χ1) is 15.7. The number of nitrogen functional groups attached to an aromatic ring is 1. The van der Waals surface area contributed by atoms with E-state index in [1.807, 2.05) is 97.1 Å². The second-order valence-corrected chi connectivity index (χ2v) is 7.39. The van der Waals surface area contributed by atoms with Gasteiger partial charge in [-0.05, 0) is 23.3 Å². The van der Waals surface area contributed by atoms with E-state index in [9.17, 15) is 4.79 Å². The summed E-state index contributed by atoms with van der Waals surface area (Å²) in [5.74, 6) is -0.432. The molecule has 0 aliphatic heterocycles. The van der Waals surface area contributed by atoms with E-state index in [1.54, 1.807) is 0 Å². The van der Waals surface area contributed by atoms with Crippen LogP contribution in [0.3, 0.4) is 0 Å². The molecule has 0 unspecified atom stereocenters. The van der Waals surface area contributed by atoms with Crippen molar-refractivity contribution in [2.75, 3.05) is 5.73 Å². The van der Waals surface area contributed by atoms with Gasteiger partial charge in [-0.25, -0.2) is 4.98 Å². The molecule has 0 radical (unpaired) electrons. The Labute approximate surface area is 184 Å². The average molecular weight is 420 g/mol. The third kappa shape index (κ3) is 3.70. The molecule has 0 fully saturated rings. The molecule has 0 bridgehead atoms. The number of benzene rings is 3. The maximum atomic E-state index is 13.4. The SMILES string of the molecule is Nc1onc(-c2ccc3ccccc3n2)c1C(=O)NC(c1ccccc1)c1ccccc1. The van der Waals surface area contributed by atoms with Crippen LogP contribution in [0, 0.1) is 0 Å². The highest BCUT2D eigenvalue weighted by Crippen LogP contribution is 2.29. The van der Waals surface area contributed by atoms with Crippen molar-refractivity contribution in [3.05, 3.63) is 114 Å². The molecule has 156 valence electrons. The summed E-state index contributed by atoms with van der Waals surface area (Å²) in [6.45, 7) is 0. The number of rotatable bonds is 5. The maximum absolute atomic E-state index is 13.4. The summed E-state index contributed by atoms with van der Waals surface area (Å²) in [4.78, 5) is 18.1. The fourth-order valence-corrected chi connectivity index (χ4v) is 3.75. The van der Waals surface area contributed by atoms with Crippen LogP contribution in [-0.2, 0) is 0 Å². The quantitative estimate of drug-likeness (QED) is 0.418. The lowest BCUT2D eigenvalue weighted by molar-refractivity contribution is 0.0944. The number of nitrogens with two attached hydrogens (primary N) is 1. The summed E-state index contributed by atoms with van der Waals surface area (Å²) < 4.78 is 5.20. The highest BCUT2D eigenvalue weighted by Gasteiger charge is 2.26. The first-order valence-corrected chi connectivity index (χ1v) is 10.2. The first kappa shape index (κ1) is 19.5. The number of pyridine rings is 1. The molecule has 5 aromatic rings. The van der Waals surface area contributed by atoms with Crippen molar-refractivity contribution in [2.45, 2.75) is 6.04 Å². The van der Waals surface area contributed by atoms with Gasteiger partial charge in [0.2, 0.25) is 5.88 Å². The van der Waals surface area contributed by atoms with Crippen LogP contribution < -0.4 is 11.1 Å². The van der Waals surface area contributed by atoms with E-state index in [4.69, 9.17) is 10.3 Å². The molecule has 0 saturated carbocycles. The molecule has 32 heavy (non-hydrogen) atoms. The van der Waals surface area contributed by atoms with Crippen LogP contribution in [0.4, 0.5) is 5.88 Å². The van der Waals surface area contributed by atoms with Crippen LogP contribution >= 0.6 is 0 Å². The Bertz CT molecular complexity index is 1340. The minimum absolute atomic E-state index is 0.0488. The topological polar surface area (TPSA) is 94.0 Å². The Morgan fingerprint density at radius 3 is 2.12 bits per heavy atom. The number of nitrogens with one attached hydrogen (secondary N) is 1. The van der Waals surface area contributed by atoms with Gasteiger partial charge in [-0.3, -0.25) is 4.79 Å². The van der Waals surface area contributed by atoms with E-state index in [0.717, 1.165) is 22.0 Å². The zero-order valence-corrected chi connectivity index (χ0v) is 17.1. The van der Waals surface area contributed by atoms with Gasteiger partial charge in [0.05, 0.1) is 17.3 Å². The Morgan fingerprint density at radius 2 is 1.44 bits per heavy atom. The van der Waals surface area contributed by atoms with E-state index in [2.05, 4.69) is 15.5 Å². The molecule has 2 heterocycles. The number of nitrogens with zero attached hydrogens (tertiary/aromatic N) is 2. The fraction of sp³-hybridized carbons (Fsp3) is 0.0385. The molecule has 0 aliphatic carbocycles. The number of carbonyl (C=O) groups excluding carboxylic acids is 1. The lowest BCUT2D eigenvalue weighted by Crippen LogP contribution is -2.30. The van der Waals surface area contributed by atoms with E-state index in [0.29, 0.717) is 11.4 Å². The number of anilines is 1. The number of hydrogen-bond acceptors (Lipinski definition) is 5. The number of carbonyl (C=O) groups is 1. The summed E-state index contributed by atoms with van der Waals surface area (Å²) in [7, 11) is 0. The molecular weight excluding hydrogens is 400 g/mol. The fourth-order valence-electron chi connectivity index (χ4n) is 3.75. The van der Waals surface area contributed by atoms with Crippen LogP contribution in [-0.4, -0.2) is 16.0 Å². The van der Waals surface area contributed by atoms with Crippen LogP contribution in [0.25, 0.3) is 22.3 Å². The Morgan fingerprint density at radius 1 is 0.812 bits per heavy atom. The molecule has 0 atom stereocenters. The lowest BCUT2D eigenvalue weighted by atomic mass is 9.98. The molecular formula is C26H20N4O2. The second kappa shape index (κ2) is 8.35. The van der Waals surface area contributed by atoms with Gasteiger partial charge in [-0.2, -0.15) is 0 Å². The zero-order chi connectivity index (χ0) is 21.9. The van der Waals surface area contributed by atoms with Crippen LogP contribution in [0.1, 0.15) is 27.5 Å². The summed E-state index contributed by atoms with van der Waals surface area (Å²) in [6, 6.07) is 30.6. The molecule has 5 rings (SSSR count). The van der Waals surface area contributed by atoms with Crippen molar-refractivity contribution in [1.29, 1.82) is 0 Å². The molecule has 3 N–H and O–H groups in total. The second-order valence-electron chi connectivity index (χ2n) is 7.39. The Balaban J connectivity index is 1.53. The monoisotopic (exact) mass is 420 g/mol. The number of para-hydroxylation sites is 1. The molecule has 0 saturated heterocycles. The van der Waals surface area contributed by atoms with Crippen molar-refractivity contribution in [2.24, 2.45) is 0 Å². The molecule has 1 amide bonds. The van der Waals surface area contributed by atoms with Crippen molar-refractivity contribution < 1.29 is 9.32 Å². The Hall–Kier alpha value is -4.45. The standard InChI is InChI=1S/C26H20N4O2/c27-25-22(24(30-32-25)21-16-15-17-9-7-8-14-20(17)28-21)26(31)29-23(18-10-3-1-4-11-18)19-12-5-2-6-13-19/h1-16,23H,27H2,(H,29,31). The minimum atomic E-state index is -0.383. The predicted octanol–water partition coefficient (Wildman–Crippen LogP) is 4.99. The summed E-state index contributed by atoms with van der Waals surface area (Å²) >= 11 is 0. The van der Waals surface area contributed by atoms with E-state index >= 15 is 0 Å².